The number of allylic oxidation sites excluding steroid dienone is 1. The minimum absolute atomic E-state index is 0.470. The third-order valence-electron chi connectivity index (χ3n) is 1.95. The quantitative estimate of drug-likeness (QED) is 0.537. The van der Waals surface area contributed by atoms with Crippen molar-refractivity contribution in [2.24, 2.45) is 7.05 Å². The molecule has 3 nitrogen and oxygen atoms in total. The van der Waals surface area contributed by atoms with Crippen molar-refractivity contribution in [2.45, 2.75) is 13.8 Å². The predicted molar refractivity (Wildman–Crippen MR) is 52.6 cm³/mol. The van der Waals surface area contributed by atoms with Gasteiger partial charge in [-0.1, -0.05) is 0 Å². The van der Waals surface area contributed by atoms with Gasteiger partial charge in [0.25, 0.3) is 0 Å². The number of carbonyl (C=O) groups is 1. The number of hydrogen-bond donors (Lipinski definition) is 0. The van der Waals surface area contributed by atoms with E-state index in [-0.39, 0.29) is 0 Å². The number of aryl methyl sites for hydroxylation is 2. The van der Waals surface area contributed by atoms with E-state index in [4.69, 9.17) is 11.6 Å². The van der Waals surface area contributed by atoms with Gasteiger partial charge < -0.3 is 0 Å². The van der Waals surface area contributed by atoms with Gasteiger partial charge in [-0.3, -0.25) is 9.48 Å². The Balaban J connectivity index is 3.07. The fourth-order valence-electron chi connectivity index (χ4n) is 1.18. The summed E-state index contributed by atoms with van der Waals surface area (Å²) in [7, 11) is 1.86. The van der Waals surface area contributed by atoms with Crippen LogP contribution in [0.3, 0.4) is 0 Å². The Bertz CT molecular complexity index is 366. The summed E-state index contributed by atoms with van der Waals surface area (Å²) in [6.45, 7) is 3.84. The zero-order valence-electron chi connectivity index (χ0n) is 7.84. The van der Waals surface area contributed by atoms with Gasteiger partial charge in [-0.15, -0.1) is 0 Å². The Hall–Kier alpha value is -1.09. The standard InChI is InChI=1S/C9H11ClN2O/c1-6-8(4-5-9(10)13)7(2)12(3)11-6/h4-5H,1-3H3/b5-4+. The minimum Gasteiger partial charge on any atom is -0.276 e. The van der Waals surface area contributed by atoms with Crippen LogP contribution in [-0.2, 0) is 11.8 Å². The first-order valence-corrected chi connectivity index (χ1v) is 4.28. The molecule has 70 valence electrons. The molecule has 0 N–H and O–H groups in total. The van der Waals surface area contributed by atoms with E-state index >= 15 is 0 Å². The van der Waals surface area contributed by atoms with Crippen LogP contribution >= 0.6 is 11.6 Å². The van der Waals surface area contributed by atoms with Crippen molar-refractivity contribution in [1.29, 1.82) is 0 Å². The molecule has 0 bridgehead atoms. The summed E-state index contributed by atoms with van der Waals surface area (Å²) in [5.41, 5.74) is 2.87. The van der Waals surface area contributed by atoms with E-state index in [0.717, 1.165) is 17.0 Å². The van der Waals surface area contributed by atoms with Crippen LogP contribution in [0.2, 0.25) is 0 Å². The van der Waals surface area contributed by atoms with Crippen LogP contribution in [0.4, 0.5) is 0 Å². The van der Waals surface area contributed by atoms with Gasteiger partial charge in [0.2, 0.25) is 5.24 Å². The van der Waals surface area contributed by atoms with E-state index in [0.29, 0.717) is 0 Å². The molecule has 0 aliphatic rings. The molecule has 0 atom stereocenters. The van der Waals surface area contributed by atoms with Crippen LogP contribution in [0.25, 0.3) is 6.08 Å². The third kappa shape index (κ3) is 2.18. The molecule has 0 aromatic carbocycles. The Morgan fingerprint density at radius 3 is 2.54 bits per heavy atom. The van der Waals surface area contributed by atoms with Crippen LogP contribution in [0.15, 0.2) is 6.08 Å². The fraction of sp³-hybridized carbons (Fsp3) is 0.333. The van der Waals surface area contributed by atoms with Gasteiger partial charge in [-0.05, 0) is 37.6 Å². The van der Waals surface area contributed by atoms with E-state index in [1.807, 2.05) is 20.9 Å². The second kappa shape index (κ2) is 3.75. The Morgan fingerprint density at radius 1 is 1.54 bits per heavy atom. The first kappa shape index (κ1) is 9.99. The van der Waals surface area contributed by atoms with Crippen LogP contribution in [0.1, 0.15) is 17.0 Å². The first-order chi connectivity index (χ1) is 6.02. The lowest BCUT2D eigenvalue weighted by Gasteiger charge is -1.93. The molecule has 1 aromatic heterocycles. The molecule has 0 amide bonds. The van der Waals surface area contributed by atoms with E-state index in [1.54, 1.807) is 10.8 Å². The van der Waals surface area contributed by atoms with Gasteiger partial charge in [-0.2, -0.15) is 5.10 Å². The molecule has 0 saturated carbocycles. The Labute approximate surface area is 82.0 Å². The van der Waals surface area contributed by atoms with Crippen molar-refractivity contribution in [3.8, 4) is 0 Å². The molecule has 0 unspecified atom stereocenters. The largest absolute Gasteiger partial charge is 0.276 e. The molecule has 0 radical (unpaired) electrons. The van der Waals surface area contributed by atoms with Gasteiger partial charge >= 0.3 is 0 Å². The van der Waals surface area contributed by atoms with Crippen molar-refractivity contribution < 1.29 is 4.79 Å². The molecule has 0 spiro atoms. The molecule has 0 aliphatic heterocycles. The lowest BCUT2D eigenvalue weighted by molar-refractivity contribution is -0.107. The molecular weight excluding hydrogens is 188 g/mol. The van der Waals surface area contributed by atoms with Crippen molar-refractivity contribution in [1.82, 2.24) is 9.78 Å². The van der Waals surface area contributed by atoms with Crippen LogP contribution < -0.4 is 0 Å². The molecule has 0 fully saturated rings. The van der Waals surface area contributed by atoms with Gasteiger partial charge in [0.1, 0.15) is 0 Å². The Kier molecular flexibility index (Phi) is 2.88. The van der Waals surface area contributed by atoms with E-state index in [9.17, 15) is 4.79 Å². The summed E-state index contributed by atoms with van der Waals surface area (Å²) in [5.74, 6) is 0. The summed E-state index contributed by atoms with van der Waals surface area (Å²) in [5, 5.41) is 3.73. The lowest BCUT2D eigenvalue weighted by Crippen LogP contribution is -1.92. The van der Waals surface area contributed by atoms with Gasteiger partial charge in [0.15, 0.2) is 0 Å². The van der Waals surface area contributed by atoms with Gasteiger partial charge in [0, 0.05) is 18.3 Å². The highest BCUT2D eigenvalue weighted by Crippen LogP contribution is 2.13. The van der Waals surface area contributed by atoms with Crippen LogP contribution in [0.5, 0.6) is 0 Å². The molecule has 1 heterocycles. The molecule has 1 rings (SSSR count). The van der Waals surface area contributed by atoms with E-state index < -0.39 is 5.24 Å². The zero-order chi connectivity index (χ0) is 10.0. The van der Waals surface area contributed by atoms with Gasteiger partial charge in [-0.25, -0.2) is 0 Å². The van der Waals surface area contributed by atoms with Crippen LogP contribution in [0, 0.1) is 13.8 Å². The third-order valence-corrected chi connectivity index (χ3v) is 2.07. The monoisotopic (exact) mass is 198 g/mol. The number of nitrogens with zero attached hydrogens (tertiary/aromatic N) is 2. The Morgan fingerprint density at radius 2 is 2.15 bits per heavy atom. The second-order valence-corrected chi connectivity index (χ2v) is 3.22. The zero-order valence-corrected chi connectivity index (χ0v) is 8.59. The molecule has 1 aromatic rings. The van der Waals surface area contributed by atoms with Crippen molar-refractivity contribution in [2.75, 3.05) is 0 Å². The molecule has 0 aliphatic carbocycles. The minimum atomic E-state index is -0.470. The van der Waals surface area contributed by atoms with E-state index in [1.165, 1.54) is 6.08 Å². The highest BCUT2D eigenvalue weighted by Gasteiger charge is 2.05. The summed E-state index contributed by atoms with van der Waals surface area (Å²) in [4.78, 5) is 10.5. The molecular formula is C9H11ClN2O. The normalized spacial score (nSPS) is 11.1. The average Bonchev–Trinajstić information content (AvgIpc) is 2.24. The van der Waals surface area contributed by atoms with E-state index in [2.05, 4.69) is 5.10 Å². The first-order valence-electron chi connectivity index (χ1n) is 3.90. The van der Waals surface area contributed by atoms with Crippen molar-refractivity contribution >= 4 is 22.9 Å². The fourth-order valence-corrected chi connectivity index (χ4v) is 1.24. The topological polar surface area (TPSA) is 34.9 Å². The number of hydrogen-bond acceptors (Lipinski definition) is 2. The average molecular weight is 199 g/mol. The maximum atomic E-state index is 10.5. The number of aromatic nitrogens is 2. The van der Waals surface area contributed by atoms with Gasteiger partial charge in [0.05, 0.1) is 5.69 Å². The summed E-state index contributed by atoms with van der Waals surface area (Å²) < 4.78 is 1.77. The molecule has 0 saturated heterocycles. The predicted octanol–water partition coefficient (Wildman–Crippen LogP) is 1.82. The lowest BCUT2D eigenvalue weighted by atomic mass is 10.2. The summed E-state index contributed by atoms with van der Waals surface area (Å²) in [6, 6.07) is 0. The number of rotatable bonds is 2. The van der Waals surface area contributed by atoms with Crippen molar-refractivity contribution in [3.63, 3.8) is 0 Å². The summed E-state index contributed by atoms with van der Waals surface area (Å²) in [6.07, 6.45) is 3.02. The highest BCUT2D eigenvalue weighted by molar-refractivity contribution is 6.66. The molecule has 13 heavy (non-hydrogen) atoms. The van der Waals surface area contributed by atoms with Crippen molar-refractivity contribution in [3.05, 3.63) is 23.0 Å². The highest BCUT2D eigenvalue weighted by atomic mass is 35.5. The second-order valence-electron chi connectivity index (χ2n) is 2.85. The number of halogens is 1. The maximum absolute atomic E-state index is 10.5. The molecule has 4 heteroatoms. The SMILES string of the molecule is Cc1nn(C)c(C)c1/C=C/C(=O)Cl. The smallest absolute Gasteiger partial charge is 0.245 e. The van der Waals surface area contributed by atoms with Crippen LogP contribution in [-0.4, -0.2) is 15.0 Å². The summed E-state index contributed by atoms with van der Waals surface area (Å²) >= 11 is 5.19. The number of carbonyl (C=O) groups excluding carboxylic acids is 1. The maximum Gasteiger partial charge on any atom is 0.245 e.